The predicted octanol–water partition coefficient (Wildman–Crippen LogP) is 2.72. The number of carbonyl (C=O) groups is 1. The zero-order chi connectivity index (χ0) is 15.4. The van der Waals surface area contributed by atoms with E-state index in [0.29, 0.717) is 23.5 Å². The highest BCUT2D eigenvalue weighted by molar-refractivity contribution is 5.95. The van der Waals surface area contributed by atoms with Gasteiger partial charge in [0.05, 0.1) is 17.3 Å². The summed E-state index contributed by atoms with van der Waals surface area (Å²) in [7, 11) is 0. The third kappa shape index (κ3) is 2.86. The molecule has 0 unspecified atom stereocenters. The number of anilines is 1. The molecule has 0 atom stereocenters. The topological polar surface area (TPSA) is 71.3 Å². The van der Waals surface area contributed by atoms with Gasteiger partial charge >= 0.3 is 5.97 Å². The Kier molecular flexibility index (Phi) is 3.92. The Labute approximate surface area is 128 Å². The third-order valence-corrected chi connectivity index (χ3v) is 3.35. The summed E-state index contributed by atoms with van der Waals surface area (Å²) in [5.74, 6) is 0.114. The average molecular weight is 294 g/mol. The van der Waals surface area contributed by atoms with Crippen LogP contribution in [0.1, 0.15) is 21.5 Å². The largest absolute Gasteiger partial charge is 0.489 e. The molecule has 0 amide bonds. The normalized spacial score (nSPS) is 12.3. The van der Waals surface area contributed by atoms with Crippen molar-refractivity contribution < 1.29 is 14.3 Å². The maximum Gasteiger partial charge on any atom is 0.342 e. The molecule has 1 N–H and O–H groups in total. The molecule has 0 saturated heterocycles. The van der Waals surface area contributed by atoms with Crippen LogP contribution in [0.5, 0.6) is 5.75 Å². The van der Waals surface area contributed by atoms with Crippen molar-refractivity contribution in [2.75, 3.05) is 18.5 Å². The molecule has 3 rings (SSSR count). The fourth-order valence-corrected chi connectivity index (χ4v) is 2.23. The molecule has 110 valence electrons. The van der Waals surface area contributed by atoms with Gasteiger partial charge in [-0.3, -0.25) is 0 Å². The average Bonchev–Trinajstić information content (AvgIpc) is 2.59. The molecule has 0 fully saturated rings. The summed E-state index contributed by atoms with van der Waals surface area (Å²) in [5.41, 5.74) is 2.63. The zero-order valence-electron chi connectivity index (χ0n) is 11.8. The molecule has 5 heteroatoms. The molecule has 1 heterocycles. The SMILES string of the molecule is N#Cc1ccc(COC(=O)c2cccc3c2OCCN3)cc1. The number of nitriles is 1. The summed E-state index contributed by atoms with van der Waals surface area (Å²) in [6.45, 7) is 1.39. The predicted molar refractivity (Wildman–Crippen MR) is 80.7 cm³/mol. The standard InChI is InChI=1S/C17H14N2O3/c18-10-12-4-6-13(7-5-12)11-22-17(20)14-2-1-3-15-16(14)21-9-8-19-15/h1-7,19H,8-9,11H2. The van der Waals surface area contributed by atoms with Gasteiger partial charge in [0.1, 0.15) is 18.8 Å². The van der Waals surface area contributed by atoms with Crippen molar-refractivity contribution in [1.29, 1.82) is 5.26 Å². The van der Waals surface area contributed by atoms with Crippen LogP contribution in [0.15, 0.2) is 42.5 Å². The van der Waals surface area contributed by atoms with Crippen molar-refractivity contribution in [2.45, 2.75) is 6.61 Å². The first-order valence-corrected chi connectivity index (χ1v) is 6.94. The number of rotatable bonds is 3. The smallest absolute Gasteiger partial charge is 0.342 e. The number of benzene rings is 2. The van der Waals surface area contributed by atoms with E-state index in [1.54, 1.807) is 36.4 Å². The van der Waals surface area contributed by atoms with E-state index in [0.717, 1.165) is 17.8 Å². The van der Waals surface area contributed by atoms with Crippen molar-refractivity contribution in [2.24, 2.45) is 0 Å². The third-order valence-electron chi connectivity index (χ3n) is 3.35. The quantitative estimate of drug-likeness (QED) is 0.881. The minimum atomic E-state index is -0.426. The van der Waals surface area contributed by atoms with Crippen molar-refractivity contribution in [3.63, 3.8) is 0 Å². The van der Waals surface area contributed by atoms with E-state index >= 15 is 0 Å². The van der Waals surface area contributed by atoms with Crippen molar-refractivity contribution in [1.82, 2.24) is 0 Å². The maximum absolute atomic E-state index is 12.2. The van der Waals surface area contributed by atoms with Crippen molar-refractivity contribution in [3.05, 3.63) is 59.2 Å². The lowest BCUT2D eigenvalue weighted by Gasteiger charge is -2.21. The fraction of sp³-hybridized carbons (Fsp3) is 0.176. The molecule has 0 spiro atoms. The van der Waals surface area contributed by atoms with Gasteiger partial charge in [-0.2, -0.15) is 5.26 Å². The van der Waals surface area contributed by atoms with Crippen LogP contribution in [0.25, 0.3) is 0 Å². The highest BCUT2D eigenvalue weighted by atomic mass is 16.5. The number of hydrogen-bond acceptors (Lipinski definition) is 5. The second-order valence-corrected chi connectivity index (χ2v) is 4.84. The van der Waals surface area contributed by atoms with Crippen LogP contribution in [0, 0.1) is 11.3 Å². The molecule has 0 saturated carbocycles. The highest BCUT2D eigenvalue weighted by Crippen LogP contribution is 2.31. The molecule has 2 aromatic rings. The number of para-hydroxylation sites is 1. The lowest BCUT2D eigenvalue weighted by Crippen LogP contribution is -2.20. The van der Waals surface area contributed by atoms with E-state index < -0.39 is 5.97 Å². The molecular formula is C17H14N2O3. The van der Waals surface area contributed by atoms with Crippen molar-refractivity contribution >= 4 is 11.7 Å². The number of carbonyl (C=O) groups excluding carboxylic acids is 1. The van der Waals surface area contributed by atoms with Crippen LogP contribution in [0.3, 0.4) is 0 Å². The summed E-state index contributed by atoms with van der Waals surface area (Å²) in [6, 6.07) is 14.3. The summed E-state index contributed by atoms with van der Waals surface area (Å²) in [5, 5.41) is 11.9. The number of esters is 1. The lowest BCUT2D eigenvalue weighted by molar-refractivity contribution is 0.0468. The fourth-order valence-electron chi connectivity index (χ4n) is 2.23. The van der Waals surface area contributed by atoms with Gasteiger partial charge < -0.3 is 14.8 Å². The van der Waals surface area contributed by atoms with Gasteiger partial charge in [0.2, 0.25) is 0 Å². The molecule has 22 heavy (non-hydrogen) atoms. The second kappa shape index (κ2) is 6.19. The number of hydrogen-bond donors (Lipinski definition) is 1. The van der Waals surface area contributed by atoms with E-state index in [1.165, 1.54) is 0 Å². The summed E-state index contributed by atoms with van der Waals surface area (Å²) >= 11 is 0. The first-order valence-electron chi connectivity index (χ1n) is 6.94. The monoisotopic (exact) mass is 294 g/mol. The molecule has 1 aliphatic heterocycles. The van der Waals surface area contributed by atoms with Gasteiger partial charge in [0.15, 0.2) is 5.75 Å². The Balaban J connectivity index is 1.71. The first kappa shape index (κ1) is 14.0. The zero-order valence-corrected chi connectivity index (χ0v) is 11.8. The van der Waals surface area contributed by atoms with Crippen molar-refractivity contribution in [3.8, 4) is 11.8 Å². The van der Waals surface area contributed by atoms with E-state index in [-0.39, 0.29) is 6.61 Å². The van der Waals surface area contributed by atoms with E-state index in [1.807, 2.05) is 12.1 Å². The number of nitrogens with one attached hydrogen (secondary N) is 1. The van der Waals surface area contributed by atoms with Crippen LogP contribution in [-0.4, -0.2) is 19.1 Å². The van der Waals surface area contributed by atoms with Crippen LogP contribution >= 0.6 is 0 Å². The first-order chi connectivity index (χ1) is 10.8. The van der Waals surface area contributed by atoms with Gasteiger partial charge in [0.25, 0.3) is 0 Å². The van der Waals surface area contributed by atoms with E-state index in [4.69, 9.17) is 14.7 Å². The molecular weight excluding hydrogens is 280 g/mol. The minimum Gasteiger partial charge on any atom is -0.489 e. The number of fused-ring (bicyclic) bond motifs is 1. The second-order valence-electron chi connectivity index (χ2n) is 4.84. The van der Waals surface area contributed by atoms with Gasteiger partial charge in [0, 0.05) is 6.54 Å². The minimum absolute atomic E-state index is 0.154. The van der Waals surface area contributed by atoms with E-state index in [9.17, 15) is 4.79 Å². The maximum atomic E-state index is 12.2. The summed E-state index contributed by atoms with van der Waals surface area (Å²) < 4.78 is 10.9. The van der Waals surface area contributed by atoms with Crippen LogP contribution in [0.2, 0.25) is 0 Å². The van der Waals surface area contributed by atoms with Gasteiger partial charge in [-0.1, -0.05) is 18.2 Å². The van der Waals surface area contributed by atoms with Crippen LogP contribution < -0.4 is 10.1 Å². The molecule has 0 aliphatic carbocycles. The Morgan fingerprint density at radius 1 is 1.27 bits per heavy atom. The van der Waals surface area contributed by atoms with Crippen LogP contribution in [-0.2, 0) is 11.3 Å². The molecule has 0 radical (unpaired) electrons. The molecule has 0 bridgehead atoms. The highest BCUT2D eigenvalue weighted by Gasteiger charge is 2.20. The van der Waals surface area contributed by atoms with E-state index in [2.05, 4.69) is 5.32 Å². The Bertz CT molecular complexity index is 733. The number of nitrogens with zero attached hydrogens (tertiary/aromatic N) is 1. The lowest BCUT2D eigenvalue weighted by atomic mass is 10.1. The van der Waals surface area contributed by atoms with Gasteiger partial charge in [-0.05, 0) is 29.8 Å². The molecule has 2 aromatic carbocycles. The summed E-state index contributed by atoms with van der Waals surface area (Å²) in [4.78, 5) is 12.2. The Morgan fingerprint density at radius 2 is 2.09 bits per heavy atom. The molecule has 5 nitrogen and oxygen atoms in total. The molecule has 1 aliphatic rings. The Hall–Kier alpha value is -3.00. The molecule has 0 aromatic heterocycles. The van der Waals surface area contributed by atoms with Gasteiger partial charge in [-0.25, -0.2) is 4.79 Å². The summed E-state index contributed by atoms with van der Waals surface area (Å²) in [6.07, 6.45) is 0. The van der Waals surface area contributed by atoms with Crippen LogP contribution in [0.4, 0.5) is 5.69 Å². The van der Waals surface area contributed by atoms with Gasteiger partial charge in [-0.15, -0.1) is 0 Å². The number of ether oxygens (including phenoxy) is 2. The Morgan fingerprint density at radius 3 is 2.86 bits per heavy atom.